The summed E-state index contributed by atoms with van der Waals surface area (Å²) in [6.45, 7) is -0.155. The number of imidazole rings is 1. The molecule has 0 aliphatic heterocycles. The molecule has 9 nitrogen and oxygen atoms in total. The number of halogens is 2. The van der Waals surface area contributed by atoms with Crippen LogP contribution in [0.4, 0.5) is 6.01 Å². The van der Waals surface area contributed by atoms with Crippen molar-refractivity contribution in [2.24, 2.45) is 7.05 Å². The monoisotopic (exact) mass is 392 g/mol. The number of aromatic nitrogens is 5. The van der Waals surface area contributed by atoms with Crippen LogP contribution < -0.4 is 10.9 Å². The summed E-state index contributed by atoms with van der Waals surface area (Å²) in [6.07, 6.45) is 2.75. The maximum atomic E-state index is 12.3. The molecule has 0 saturated heterocycles. The van der Waals surface area contributed by atoms with Crippen molar-refractivity contribution in [1.82, 2.24) is 24.1 Å². The lowest BCUT2D eigenvalue weighted by atomic mass is 10.3. The summed E-state index contributed by atoms with van der Waals surface area (Å²) in [5, 5.41) is 3.18. The Morgan fingerprint density at radius 3 is 2.77 bits per heavy atom. The highest BCUT2D eigenvalue weighted by Gasteiger charge is 2.15. The average Bonchev–Trinajstić information content (AvgIpc) is 3.15. The first-order valence-electron chi connectivity index (χ1n) is 7.34. The van der Waals surface area contributed by atoms with Gasteiger partial charge in [0.1, 0.15) is 12.1 Å². The van der Waals surface area contributed by atoms with Gasteiger partial charge in [0.15, 0.2) is 16.7 Å². The summed E-state index contributed by atoms with van der Waals surface area (Å²) in [5.41, 5.74) is 1.06. The van der Waals surface area contributed by atoms with Gasteiger partial charge in [0.05, 0.1) is 22.7 Å². The lowest BCUT2D eigenvalue weighted by Gasteiger charge is -2.03. The Morgan fingerprint density at radius 2 is 1.96 bits per heavy atom. The summed E-state index contributed by atoms with van der Waals surface area (Å²) in [7, 11) is 1.57. The summed E-state index contributed by atoms with van der Waals surface area (Å²) >= 11 is 11.9. The molecule has 0 unspecified atom stereocenters. The van der Waals surface area contributed by atoms with Gasteiger partial charge >= 0.3 is 6.01 Å². The maximum Gasteiger partial charge on any atom is 0.302 e. The summed E-state index contributed by atoms with van der Waals surface area (Å²) < 4.78 is 8.16. The first-order chi connectivity index (χ1) is 12.4. The van der Waals surface area contributed by atoms with Crippen molar-refractivity contribution in [2.75, 3.05) is 5.32 Å². The zero-order chi connectivity index (χ0) is 18.4. The van der Waals surface area contributed by atoms with Crippen LogP contribution in [0, 0.1) is 0 Å². The number of aryl methyl sites for hydroxylation is 1. The van der Waals surface area contributed by atoms with Crippen molar-refractivity contribution in [3.63, 3.8) is 0 Å². The lowest BCUT2D eigenvalue weighted by Crippen LogP contribution is -2.23. The van der Waals surface area contributed by atoms with Crippen LogP contribution in [-0.2, 0) is 18.4 Å². The lowest BCUT2D eigenvalue weighted by molar-refractivity contribution is -0.116. The number of rotatable bonds is 3. The standard InChI is InChI=1S/C15H10Cl2N6O3/c1-22-5-18-13-12(14(22)25)23(6-19-13)4-11(24)21-15-20-9-2-7(16)8(17)3-10(9)26-15/h2-3,5-6H,4H2,1H3,(H,20,21,24). The highest BCUT2D eigenvalue weighted by atomic mass is 35.5. The third-order valence-corrected chi connectivity index (χ3v) is 4.41. The molecule has 26 heavy (non-hydrogen) atoms. The van der Waals surface area contributed by atoms with E-state index in [1.807, 2.05) is 0 Å². The van der Waals surface area contributed by atoms with Gasteiger partial charge in [-0.25, -0.2) is 9.97 Å². The Bertz CT molecular complexity index is 1190. The van der Waals surface area contributed by atoms with Crippen molar-refractivity contribution in [2.45, 2.75) is 6.54 Å². The third-order valence-electron chi connectivity index (χ3n) is 3.69. The van der Waals surface area contributed by atoms with Crippen LogP contribution in [0.5, 0.6) is 0 Å². The van der Waals surface area contributed by atoms with Gasteiger partial charge in [-0.1, -0.05) is 23.2 Å². The maximum absolute atomic E-state index is 12.3. The molecular weight excluding hydrogens is 383 g/mol. The summed E-state index contributed by atoms with van der Waals surface area (Å²) in [4.78, 5) is 36.7. The number of oxazole rings is 1. The van der Waals surface area contributed by atoms with Gasteiger partial charge in [-0.15, -0.1) is 0 Å². The Hall–Kier alpha value is -2.91. The smallest absolute Gasteiger partial charge is 0.302 e. The number of fused-ring (bicyclic) bond motifs is 2. The first-order valence-corrected chi connectivity index (χ1v) is 8.10. The summed E-state index contributed by atoms with van der Waals surface area (Å²) in [6, 6.07) is 3.05. The van der Waals surface area contributed by atoms with Crippen LogP contribution in [-0.4, -0.2) is 30.0 Å². The normalized spacial score (nSPS) is 11.3. The van der Waals surface area contributed by atoms with Gasteiger partial charge in [0, 0.05) is 13.1 Å². The number of nitrogens with one attached hydrogen (secondary N) is 1. The Kier molecular flexibility index (Phi) is 3.89. The molecule has 11 heteroatoms. The van der Waals surface area contributed by atoms with E-state index >= 15 is 0 Å². The molecule has 0 fully saturated rings. The van der Waals surface area contributed by atoms with Crippen LogP contribution in [0.3, 0.4) is 0 Å². The van der Waals surface area contributed by atoms with Crippen molar-refractivity contribution in [1.29, 1.82) is 0 Å². The van der Waals surface area contributed by atoms with E-state index in [0.717, 1.165) is 0 Å². The highest BCUT2D eigenvalue weighted by Crippen LogP contribution is 2.29. The molecule has 1 N–H and O–H groups in total. The Labute approximate surface area is 155 Å². The molecule has 1 aromatic carbocycles. The zero-order valence-electron chi connectivity index (χ0n) is 13.2. The second-order valence-corrected chi connectivity index (χ2v) is 6.32. The van der Waals surface area contributed by atoms with E-state index in [0.29, 0.717) is 21.1 Å². The van der Waals surface area contributed by atoms with Crippen LogP contribution in [0.15, 0.2) is 34.0 Å². The second kappa shape index (κ2) is 6.11. The first kappa shape index (κ1) is 16.6. The van der Waals surface area contributed by atoms with Crippen LogP contribution in [0.25, 0.3) is 22.3 Å². The van der Waals surface area contributed by atoms with E-state index in [4.69, 9.17) is 27.6 Å². The average molecular weight is 393 g/mol. The molecule has 0 atom stereocenters. The molecule has 0 saturated carbocycles. The molecule has 0 bridgehead atoms. The molecule has 4 aromatic rings. The number of benzene rings is 1. The molecule has 0 aliphatic rings. The largest absolute Gasteiger partial charge is 0.423 e. The topological polar surface area (TPSA) is 108 Å². The SMILES string of the molecule is Cn1cnc2ncn(CC(=O)Nc3nc4cc(Cl)c(Cl)cc4o3)c2c1=O. The van der Waals surface area contributed by atoms with Gasteiger partial charge in [0.25, 0.3) is 5.56 Å². The van der Waals surface area contributed by atoms with E-state index in [9.17, 15) is 9.59 Å². The highest BCUT2D eigenvalue weighted by molar-refractivity contribution is 6.42. The van der Waals surface area contributed by atoms with Gasteiger partial charge in [-0.05, 0) is 6.07 Å². The fourth-order valence-electron chi connectivity index (χ4n) is 2.46. The van der Waals surface area contributed by atoms with E-state index < -0.39 is 5.91 Å². The van der Waals surface area contributed by atoms with Crippen LogP contribution >= 0.6 is 23.2 Å². The molecule has 4 rings (SSSR count). The molecule has 1 amide bonds. The van der Waals surface area contributed by atoms with Gasteiger partial charge in [-0.2, -0.15) is 4.98 Å². The number of hydrogen-bond acceptors (Lipinski definition) is 6. The molecule has 132 valence electrons. The Morgan fingerprint density at radius 1 is 1.23 bits per heavy atom. The molecule has 3 heterocycles. The van der Waals surface area contributed by atoms with Crippen molar-refractivity contribution < 1.29 is 9.21 Å². The number of carbonyl (C=O) groups is 1. The second-order valence-electron chi connectivity index (χ2n) is 5.51. The number of carbonyl (C=O) groups excluding carboxylic acids is 1. The molecule has 0 spiro atoms. The van der Waals surface area contributed by atoms with Gasteiger partial charge in [-0.3, -0.25) is 14.9 Å². The molecule has 0 aliphatic carbocycles. The van der Waals surface area contributed by atoms with E-state index in [-0.39, 0.29) is 29.3 Å². The fraction of sp³-hybridized carbons (Fsp3) is 0.133. The predicted molar refractivity (Wildman–Crippen MR) is 95.4 cm³/mol. The van der Waals surface area contributed by atoms with E-state index in [2.05, 4.69) is 20.3 Å². The van der Waals surface area contributed by atoms with Crippen LogP contribution in [0.2, 0.25) is 10.0 Å². The zero-order valence-corrected chi connectivity index (χ0v) is 14.7. The predicted octanol–water partition coefficient (Wildman–Crippen LogP) is 2.22. The van der Waals surface area contributed by atoms with Gasteiger partial charge < -0.3 is 13.6 Å². The third kappa shape index (κ3) is 2.80. The number of amides is 1. The minimum Gasteiger partial charge on any atom is -0.423 e. The Balaban J connectivity index is 1.60. The quantitative estimate of drug-likeness (QED) is 0.572. The van der Waals surface area contributed by atoms with E-state index in [1.165, 1.54) is 33.9 Å². The molecule has 0 radical (unpaired) electrons. The summed E-state index contributed by atoms with van der Waals surface area (Å²) in [5.74, 6) is -0.445. The minimum atomic E-state index is -0.445. The van der Waals surface area contributed by atoms with Crippen molar-refractivity contribution in [3.05, 3.63) is 45.2 Å². The van der Waals surface area contributed by atoms with Crippen LogP contribution in [0.1, 0.15) is 0 Å². The van der Waals surface area contributed by atoms with Crippen molar-refractivity contribution in [3.8, 4) is 0 Å². The number of anilines is 1. The number of nitrogens with zero attached hydrogens (tertiary/aromatic N) is 5. The fourth-order valence-corrected chi connectivity index (χ4v) is 2.77. The van der Waals surface area contributed by atoms with Gasteiger partial charge in [0.2, 0.25) is 5.91 Å². The molecular formula is C15H10Cl2N6O3. The molecule has 3 aromatic heterocycles. The van der Waals surface area contributed by atoms with E-state index in [1.54, 1.807) is 7.05 Å². The number of hydrogen-bond donors (Lipinski definition) is 1. The van der Waals surface area contributed by atoms with Crippen molar-refractivity contribution >= 4 is 57.4 Å². The minimum absolute atomic E-state index is 0.00113.